The second-order valence-corrected chi connectivity index (χ2v) is 3.55. The zero-order chi connectivity index (χ0) is 8.91. The van der Waals surface area contributed by atoms with Crippen molar-refractivity contribution in [1.29, 1.82) is 0 Å². The molecule has 0 aliphatic heterocycles. The van der Waals surface area contributed by atoms with Gasteiger partial charge in [0.1, 0.15) is 0 Å². The van der Waals surface area contributed by atoms with Gasteiger partial charge in [0.25, 0.3) is 0 Å². The summed E-state index contributed by atoms with van der Waals surface area (Å²) in [7, 11) is 0. The molecule has 1 atom stereocenters. The van der Waals surface area contributed by atoms with E-state index in [1.165, 1.54) is 0 Å². The average Bonchev–Trinajstić information content (AvgIpc) is 1.84. The highest BCUT2D eigenvalue weighted by Gasteiger charge is 2.17. The van der Waals surface area contributed by atoms with Crippen molar-refractivity contribution in [3.63, 3.8) is 0 Å². The molecule has 0 fully saturated rings. The SMILES string of the molecule is CC(C)(C)OC(CO)CCO. The van der Waals surface area contributed by atoms with Crippen LogP contribution in [0.1, 0.15) is 27.2 Å². The smallest absolute Gasteiger partial charge is 0.0834 e. The summed E-state index contributed by atoms with van der Waals surface area (Å²) in [6, 6.07) is 0. The maximum absolute atomic E-state index is 8.78. The minimum atomic E-state index is -0.247. The van der Waals surface area contributed by atoms with E-state index in [2.05, 4.69) is 0 Å². The zero-order valence-corrected chi connectivity index (χ0v) is 7.50. The van der Waals surface area contributed by atoms with Crippen molar-refractivity contribution in [3.05, 3.63) is 0 Å². The molecule has 0 radical (unpaired) electrons. The van der Waals surface area contributed by atoms with Gasteiger partial charge in [0.2, 0.25) is 0 Å². The van der Waals surface area contributed by atoms with Gasteiger partial charge in [-0.1, -0.05) is 0 Å². The second-order valence-electron chi connectivity index (χ2n) is 3.55. The van der Waals surface area contributed by atoms with Crippen molar-refractivity contribution in [2.24, 2.45) is 0 Å². The van der Waals surface area contributed by atoms with Gasteiger partial charge >= 0.3 is 0 Å². The van der Waals surface area contributed by atoms with E-state index in [0.29, 0.717) is 6.42 Å². The number of hydrogen-bond donors (Lipinski definition) is 2. The molecule has 1 unspecified atom stereocenters. The lowest BCUT2D eigenvalue weighted by atomic mass is 10.1. The van der Waals surface area contributed by atoms with E-state index in [0.717, 1.165) is 0 Å². The van der Waals surface area contributed by atoms with Crippen molar-refractivity contribution >= 4 is 0 Å². The molecule has 0 aromatic carbocycles. The maximum Gasteiger partial charge on any atom is 0.0834 e. The van der Waals surface area contributed by atoms with Gasteiger partial charge in [-0.15, -0.1) is 0 Å². The van der Waals surface area contributed by atoms with Crippen LogP contribution in [0.3, 0.4) is 0 Å². The van der Waals surface area contributed by atoms with Gasteiger partial charge in [-0.05, 0) is 27.2 Å². The van der Waals surface area contributed by atoms with E-state index in [9.17, 15) is 0 Å². The molecule has 0 saturated heterocycles. The van der Waals surface area contributed by atoms with Crippen LogP contribution in [0.2, 0.25) is 0 Å². The number of aliphatic hydroxyl groups is 2. The zero-order valence-electron chi connectivity index (χ0n) is 7.50. The lowest BCUT2D eigenvalue weighted by molar-refractivity contribution is -0.0870. The summed E-state index contributed by atoms with van der Waals surface area (Å²) in [5, 5.41) is 17.4. The molecule has 0 aliphatic carbocycles. The summed E-state index contributed by atoms with van der Waals surface area (Å²) in [4.78, 5) is 0. The number of hydrogen-bond acceptors (Lipinski definition) is 3. The summed E-state index contributed by atoms with van der Waals surface area (Å²) >= 11 is 0. The van der Waals surface area contributed by atoms with E-state index in [4.69, 9.17) is 14.9 Å². The molecule has 0 aromatic rings. The van der Waals surface area contributed by atoms with E-state index in [1.54, 1.807) is 0 Å². The van der Waals surface area contributed by atoms with Crippen molar-refractivity contribution in [1.82, 2.24) is 0 Å². The van der Waals surface area contributed by atoms with Crippen molar-refractivity contribution in [2.45, 2.75) is 38.9 Å². The van der Waals surface area contributed by atoms with Crippen LogP contribution in [0, 0.1) is 0 Å². The molecule has 0 rings (SSSR count). The standard InChI is InChI=1S/C8H18O3/c1-8(2,3)11-7(6-10)4-5-9/h7,9-10H,4-6H2,1-3H3. The van der Waals surface area contributed by atoms with E-state index in [-0.39, 0.29) is 24.9 Å². The second kappa shape index (κ2) is 4.70. The third kappa shape index (κ3) is 6.28. The van der Waals surface area contributed by atoms with Crippen LogP contribution in [0.25, 0.3) is 0 Å². The lowest BCUT2D eigenvalue weighted by Crippen LogP contribution is -2.30. The van der Waals surface area contributed by atoms with Gasteiger partial charge in [-0.25, -0.2) is 0 Å². The molecule has 0 heterocycles. The molecule has 11 heavy (non-hydrogen) atoms. The normalized spacial score (nSPS) is 15.0. The largest absolute Gasteiger partial charge is 0.396 e. The Labute approximate surface area is 68.0 Å². The van der Waals surface area contributed by atoms with Gasteiger partial charge in [0, 0.05) is 6.61 Å². The van der Waals surface area contributed by atoms with Gasteiger partial charge in [0.05, 0.1) is 18.3 Å². The van der Waals surface area contributed by atoms with Crippen molar-refractivity contribution in [3.8, 4) is 0 Å². The van der Waals surface area contributed by atoms with Crippen molar-refractivity contribution in [2.75, 3.05) is 13.2 Å². The lowest BCUT2D eigenvalue weighted by Gasteiger charge is -2.25. The molecule has 0 aliphatic rings. The van der Waals surface area contributed by atoms with Gasteiger partial charge in [-0.3, -0.25) is 0 Å². The van der Waals surface area contributed by atoms with Crippen LogP contribution in [0.4, 0.5) is 0 Å². The Kier molecular flexibility index (Phi) is 4.65. The van der Waals surface area contributed by atoms with Crippen LogP contribution < -0.4 is 0 Å². The van der Waals surface area contributed by atoms with Gasteiger partial charge < -0.3 is 14.9 Å². The molecular weight excluding hydrogens is 144 g/mol. The third-order valence-electron chi connectivity index (χ3n) is 1.17. The molecule has 3 nitrogen and oxygen atoms in total. The average molecular weight is 162 g/mol. The molecule has 0 aromatic heterocycles. The first-order chi connectivity index (χ1) is 4.99. The van der Waals surface area contributed by atoms with Crippen molar-refractivity contribution < 1.29 is 14.9 Å². The Morgan fingerprint density at radius 3 is 2.09 bits per heavy atom. The van der Waals surface area contributed by atoms with Crippen LogP contribution in [-0.2, 0) is 4.74 Å². The molecule has 0 bridgehead atoms. The van der Waals surface area contributed by atoms with Crippen LogP contribution in [-0.4, -0.2) is 35.1 Å². The summed E-state index contributed by atoms with van der Waals surface area (Å²) in [5.74, 6) is 0. The highest BCUT2D eigenvalue weighted by molar-refractivity contribution is 4.65. The first-order valence-corrected chi connectivity index (χ1v) is 3.89. The summed E-state index contributed by atoms with van der Waals surface area (Å²) in [6.07, 6.45) is 0.258. The Bertz CT molecular complexity index is 96.0. The van der Waals surface area contributed by atoms with E-state index < -0.39 is 0 Å². The predicted molar refractivity (Wildman–Crippen MR) is 43.4 cm³/mol. The topological polar surface area (TPSA) is 49.7 Å². The fraction of sp³-hybridized carbons (Fsp3) is 1.00. The first-order valence-electron chi connectivity index (χ1n) is 3.89. The quantitative estimate of drug-likeness (QED) is 0.634. The number of ether oxygens (including phenoxy) is 1. The molecular formula is C8H18O3. The van der Waals surface area contributed by atoms with Crippen LogP contribution in [0.15, 0.2) is 0 Å². The Balaban J connectivity index is 3.68. The van der Waals surface area contributed by atoms with Crippen LogP contribution >= 0.6 is 0 Å². The van der Waals surface area contributed by atoms with E-state index in [1.807, 2.05) is 20.8 Å². The maximum atomic E-state index is 8.78. The number of rotatable bonds is 4. The molecule has 0 saturated carbocycles. The Morgan fingerprint density at radius 2 is 1.82 bits per heavy atom. The predicted octanol–water partition coefficient (Wildman–Crippen LogP) is 0.545. The Morgan fingerprint density at radius 1 is 1.27 bits per heavy atom. The molecule has 0 amide bonds. The minimum absolute atomic E-state index is 0.0299. The molecule has 68 valence electrons. The molecule has 3 heteroatoms. The number of aliphatic hydroxyl groups excluding tert-OH is 2. The monoisotopic (exact) mass is 162 g/mol. The highest BCUT2D eigenvalue weighted by Crippen LogP contribution is 2.12. The van der Waals surface area contributed by atoms with E-state index >= 15 is 0 Å². The van der Waals surface area contributed by atoms with Crippen LogP contribution in [0.5, 0.6) is 0 Å². The highest BCUT2D eigenvalue weighted by atomic mass is 16.5. The van der Waals surface area contributed by atoms with Gasteiger partial charge in [0.15, 0.2) is 0 Å². The minimum Gasteiger partial charge on any atom is -0.396 e. The summed E-state index contributed by atoms with van der Waals surface area (Å²) < 4.78 is 5.42. The fourth-order valence-corrected chi connectivity index (χ4v) is 0.831. The third-order valence-corrected chi connectivity index (χ3v) is 1.17. The summed E-state index contributed by atoms with van der Waals surface area (Å²) in [5.41, 5.74) is -0.247. The molecule has 0 spiro atoms. The first kappa shape index (κ1) is 10.9. The molecule has 2 N–H and O–H groups in total. The summed E-state index contributed by atoms with van der Waals surface area (Å²) in [6.45, 7) is 5.80. The Hall–Kier alpha value is -0.120. The fourth-order valence-electron chi connectivity index (χ4n) is 0.831. The van der Waals surface area contributed by atoms with Gasteiger partial charge in [-0.2, -0.15) is 0 Å².